The van der Waals surface area contributed by atoms with E-state index in [0.717, 1.165) is 34.5 Å². The predicted octanol–water partition coefficient (Wildman–Crippen LogP) is 2.79. The van der Waals surface area contributed by atoms with Gasteiger partial charge in [-0.1, -0.05) is 6.92 Å². The van der Waals surface area contributed by atoms with Gasteiger partial charge in [-0.05, 0) is 37.7 Å². The van der Waals surface area contributed by atoms with Crippen LogP contribution < -0.4 is 0 Å². The number of aromatic nitrogens is 4. The van der Waals surface area contributed by atoms with Crippen LogP contribution in [0.2, 0.25) is 0 Å². The van der Waals surface area contributed by atoms with Crippen molar-refractivity contribution in [2.24, 2.45) is 5.92 Å². The summed E-state index contributed by atoms with van der Waals surface area (Å²) in [6.07, 6.45) is 3.80. The lowest BCUT2D eigenvalue weighted by Gasteiger charge is -2.17. The van der Waals surface area contributed by atoms with E-state index in [1.54, 1.807) is 15.9 Å². The van der Waals surface area contributed by atoms with E-state index in [0.29, 0.717) is 18.2 Å². The zero-order valence-corrected chi connectivity index (χ0v) is 14.0. The van der Waals surface area contributed by atoms with Gasteiger partial charge in [-0.2, -0.15) is 4.52 Å². The Kier molecular flexibility index (Phi) is 3.33. The van der Waals surface area contributed by atoms with E-state index < -0.39 is 5.97 Å². The Morgan fingerprint density at radius 2 is 2.26 bits per heavy atom. The highest BCUT2D eigenvalue weighted by molar-refractivity contribution is 7.19. The Bertz CT molecular complexity index is 927. The molecular formula is C16H18N4O2S. The van der Waals surface area contributed by atoms with E-state index in [4.69, 9.17) is 10.1 Å². The molecule has 0 saturated heterocycles. The number of aryl methyl sites for hydroxylation is 3. The fourth-order valence-electron chi connectivity index (χ4n) is 3.31. The monoisotopic (exact) mass is 330 g/mol. The van der Waals surface area contributed by atoms with Crippen LogP contribution in [0, 0.1) is 12.8 Å². The maximum absolute atomic E-state index is 10.8. The number of fused-ring (bicyclic) bond motifs is 5. The second-order valence-corrected chi connectivity index (χ2v) is 7.43. The molecule has 7 heteroatoms. The summed E-state index contributed by atoms with van der Waals surface area (Å²) in [5.74, 6) is 1.23. The van der Waals surface area contributed by atoms with Crippen molar-refractivity contribution >= 4 is 33.2 Å². The molecule has 0 saturated carbocycles. The number of nitrogens with zero attached hydrogens (tertiary/aromatic N) is 4. The largest absolute Gasteiger partial charge is 0.481 e. The zero-order chi connectivity index (χ0) is 16.1. The third-order valence-electron chi connectivity index (χ3n) is 4.50. The van der Waals surface area contributed by atoms with E-state index in [2.05, 4.69) is 17.0 Å². The summed E-state index contributed by atoms with van der Waals surface area (Å²) in [4.78, 5) is 22.6. The van der Waals surface area contributed by atoms with Crippen LogP contribution in [0.1, 0.15) is 41.9 Å². The van der Waals surface area contributed by atoms with Gasteiger partial charge in [0, 0.05) is 11.3 Å². The number of hydrogen-bond donors (Lipinski definition) is 1. The summed E-state index contributed by atoms with van der Waals surface area (Å²) < 4.78 is 1.77. The van der Waals surface area contributed by atoms with Gasteiger partial charge in [-0.25, -0.2) is 9.97 Å². The molecule has 3 aromatic heterocycles. The van der Waals surface area contributed by atoms with Crippen molar-refractivity contribution in [1.82, 2.24) is 19.6 Å². The molecule has 1 N–H and O–H groups in total. The van der Waals surface area contributed by atoms with E-state index >= 15 is 0 Å². The fourth-order valence-corrected chi connectivity index (χ4v) is 4.57. The molecule has 0 aromatic carbocycles. The van der Waals surface area contributed by atoms with Crippen molar-refractivity contribution in [3.8, 4) is 0 Å². The van der Waals surface area contributed by atoms with Gasteiger partial charge in [0.1, 0.15) is 10.7 Å². The number of carboxylic acid groups (broad SMARTS) is 1. The minimum atomic E-state index is -0.828. The molecule has 0 aliphatic heterocycles. The second kappa shape index (κ2) is 5.26. The van der Waals surface area contributed by atoms with Crippen LogP contribution in [-0.4, -0.2) is 30.7 Å². The average molecular weight is 330 g/mol. The predicted molar refractivity (Wildman–Crippen MR) is 88.0 cm³/mol. The first kappa shape index (κ1) is 14.6. The number of thiophene rings is 1. The van der Waals surface area contributed by atoms with Crippen molar-refractivity contribution in [3.63, 3.8) is 0 Å². The molecule has 1 atom stereocenters. The van der Waals surface area contributed by atoms with Gasteiger partial charge in [0.05, 0.1) is 11.8 Å². The van der Waals surface area contributed by atoms with Crippen LogP contribution in [0.15, 0.2) is 0 Å². The van der Waals surface area contributed by atoms with Gasteiger partial charge in [0.2, 0.25) is 0 Å². The molecule has 0 bridgehead atoms. The van der Waals surface area contributed by atoms with Crippen LogP contribution in [0.3, 0.4) is 0 Å². The lowest BCUT2D eigenvalue weighted by Crippen LogP contribution is -2.09. The molecule has 23 heavy (non-hydrogen) atoms. The molecule has 120 valence electrons. The fraction of sp³-hybridized carbons (Fsp3) is 0.500. The van der Waals surface area contributed by atoms with Crippen LogP contribution in [-0.2, 0) is 24.1 Å². The average Bonchev–Trinajstić information content (AvgIpc) is 3.06. The number of carbonyl (C=O) groups is 1. The molecule has 0 amide bonds. The molecule has 0 spiro atoms. The first-order chi connectivity index (χ1) is 11.0. The summed E-state index contributed by atoms with van der Waals surface area (Å²) in [6, 6.07) is 0. The Labute approximate surface area is 137 Å². The molecule has 1 aliphatic rings. The first-order valence-electron chi connectivity index (χ1n) is 7.91. The summed E-state index contributed by atoms with van der Waals surface area (Å²) in [6.45, 7) is 4.21. The quantitative estimate of drug-likeness (QED) is 0.798. The molecule has 0 unspecified atom stereocenters. The smallest absolute Gasteiger partial charge is 0.303 e. The molecule has 3 heterocycles. The number of hydrogen-bond acceptors (Lipinski definition) is 5. The van der Waals surface area contributed by atoms with E-state index in [1.807, 2.05) is 6.92 Å². The summed E-state index contributed by atoms with van der Waals surface area (Å²) in [5, 5.41) is 14.4. The summed E-state index contributed by atoms with van der Waals surface area (Å²) >= 11 is 1.77. The van der Waals surface area contributed by atoms with Crippen LogP contribution in [0.25, 0.3) is 15.9 Å². The standard InChI is InChI=1S/C16H18N4O2S/c1-8-3-4-11-10(7-8)14-15-18-12(5-6-13(21)22)19-20(15)9(2)17-16(14)23-11/h8H,3-7H2,1-2H3,(H,21,22)/t8-/m0/s1. The minimum Gasteiger partial charge on any atom is -0.481 e. The Balaban J connectivity index is 1.92. The maximum atomic E-state index is 10.8. The molecular weight excluding hydrogens is 312 g/mol. The van der Waals surface area contributed by atoms with Gasteiger partial charge in [-0.15, -0.1) is 16.4 Å². The number of rotatable bonds is 3. The van der Waals surface area contributed by atoms with Crippen LogP contribution in [0.5, 0.6) is 0 Å². The third kappa shape index (κ3) is 2.39. The lowest BCUT2D eigenvalue weighted by molar-refractivity contribution is -0.137. The SMILES string of the molecule is Cc1nc2sc3c(c2c2nc(CCC(=O)O)nn12)C[C@@H](C)CC3. The molecule has 1 aliphatic carbocycles. The van der Waals surface area contributed by atoms with Gasteiger partial charge < -0.3 is 5.11 Å². The normalized spacial score (nSPS) is 17.7. The summed E-state index contributed by atoms with van der Waals surface area (Å²) in [5.41, 5.74) is 2.21. The van der Waals surface area contributed by atoms with E-state index in [9.17, 15) is 4.79 Å². The lowest BCUT2D eigenvalue weighted by atomic mass is 9.89. The topological polar surface area (TPSA) is 80.4 Å². The number of aliphatic carboxylic acids is 1. The highest BCUT2D eigenvalue weighted by Crippen LogP contribution is 2.38. The highest BCUT2D eigenvalue weighted by Gasteiger charge is 2.24. The molecule has 3 aromatic rings. The van der Waals surface area contributed by atoms with Gasteiger partial charge in [-0.3, -0.25) is 4.79 Å². The van der Waals surface area contributed by atoms with Crippen molar-refractivity contribution in [3.05, 3.63) is 22.1 Å². The number of carboxylic acids is 1. The second-order valence-electron chi connectivity index (χ2n) is 6.35. The molecule has 6 nitrogen and oxygen atoms in total. The van der Waals surface area contributed by atoms with Crippen LogP contribution in [0.4, 0.5) is 0 Å². The van der Waals surface area contributed by atoms with Crippen molar-refractivity contribution in [1.29, 1.82) is 0 Å². The van der Waals surface area contributed by atoms with E-state index in [1.165, 1.54) is 16.9 Å². The van der Waals surface area contributed by atoms with E-state index in [-0.39, 0.29) is 6.42 Å². The first-order valence-corrected chi connectivity index (χ1v) is 8.73. The van der Waals surface area contributed by atoms with Crippen molar-refractivity contribution in [2.45, 2.75) is 46.0 Å². The molecule has 0 fully saturated rings. The van der Waals surface area contributed by atoms with Crippen molar-refractivity contribution < 1.29 is 9.90 Å². The van der Waals surface area contributed by atoms with Gasteiger partial charge in [0.25, 0.3) is 0 Å². The van der Waals surface area contributed by atoms with Crippen molar-refractivity contribution in [2.75, 3.05) is 0 Å². The summed E-state index contributed by atoms with van der Waals surface area (Å²) in [7, 11) is 0. The highest BCUT2D eigenvalue weighted by atomic mass is 32.1. The van der Waals surface area contributed by atoms with Gasteiger partial charge in [0.15, 0.2) is 11.5 Å². The van der Waals surface area contributed by atoms with Gasteiger partial charge >= 0.3 is 5.97 Å². The maximum Gasteiger partial charge on any atom is 0.303 e. The Morgan fingerprint density at radius 3 is 3.04 bits per heavy atom. The third-order valence-corrected chi connectivity index (χ3v) is 5.68. The zero-order valence-electron chi connectivity index (χ0n) is 13.2. The molecule has 4 rings (SSSR count). The molecule has 0 radical (unpaired) electrons. The minimum absolute atomic E-state index is 0.0469. The Hall–Kier alpha value is -2.02. The van der Waals surface area contributed by atoms with Crippen LogP contribution >= 0.6 is 11.3 Å². The Morgan fingerprint density at radius 1 is 1.43 bits per heavy atom.